The summed E-state index contributed by atoms with van der Waals surface area (Å²) in [6.07, 6.45) is 7.02. The molecule has 0 heterocycles. The first-order valence-electron chi connectivity index (χ1n) is 11.2. The first-order valence-corrected chi connectivity index (χ1v) is 11.2. The Morgan fingerprint density at radius 1 is 0.818 bits per heavy atom. The van der Waals surface area contributed by atoms with E-state index in [1.54, 1.807) is 30.3 Å². The number of nitriles is 1. The van der Waals surface area contributed by atoms with Gasteiger partial charge in [-0.3, -0.25) is 0 Å². The summed E-state index contributed by atoms with van der Waals surface area (Å²) in [5, 5.41) is 10.2. The molecule has 1 nitrogen and oxygen atoms in total. The van der Waals surface area contributed by atoms with Crippen molar-refractivity contribution in [1.29, 1.82) is 5.26 Å². The number of rotatable bonds is 7. The van der Waals surface area contributed by atoms with Crippen molar-refractivity contribution < 1.29 is 8.78 Å². The lowest BCUT2D eigenvalue weighted by Gasteiger charge is -2.10. The lowest BCUT2D eigenvalue weighted by Crippen LogP contribution is -1.96. The fourth-order valence-corrected chi connectivity index (χ4v) is 4.09. The smallest absolute Gasteiger partial charge is 0.134 e. The third-order valence-electron chi connectivity index (χ3n) is 5.98. The van der Waals surface area contributed by atoms with E-state index < -0.39 is 0 Å². The van der Waals surface area contributed by atoms with Crippen LogP contribution in [0.25, 0.3) is 21.9 Å². The molecule has 0 spiro atoms. The molecule has 0 aliphatic heterocycles. The fraction of sp³-hybridized carbons (Fsp3) is 0.167. The Balaban J connectivity index is 1.54. The van der Waals surface area contributed by atoms with Gasteiger partial charge in [0.15, 0.2) is 0 Å². The number of nitrogens with zero attached hydrogens (tertiary/aromatic N) is 1. The molecule has 3 heteroatoms. The van der Waals surface area contributed by atoms with E-state index in [4.69, 9.17) is 5.26 Å². The Hall–Kier alpha value is -3.77. The third-order valence-corrected chi connectivity index (χ3v) is 5.98. The average molecular weight is 438 g/mol. The van der Waals surface area contributed by atoms with Crippen molar-refractivity contribution in [3.05, 3.63) is 119 Å². The normalized spacial score (nSPS) is 11.2. The van der Waals surface area contributed by atoms with Crippen LogP contribution in [0.4, 0.5) is 8.78 Å². The maximum atomic E-state index is 15.2. The number of aryl methyl sites for hydroxylation is 3. The zero-order valence-corrected chi connectivity index (χ0v) is 18.6. The Kier molecular flexibility index (Phi) is 6.95. The van der Waals surface area contributed by atoms with E-state index in [2.05, 4.69) is 12.1 Å². The van der Waals surface area contributed by atoms with Crippen LogP contribution in [-0.2, 0) is 19.3 Å². The van der Waals surface area contributed by atoms with E-state index in [1.165, 1.54) is 0 Å². The first-order chi connectivity index (χ1) is 16.1. The number of hydrogen-bond acceptors (Lipinski definition) is 1. The lowest BCUT2D eigenvalue weighted by atomic mass is 9.96. The molecule has 0 aromatic heterocycles. The monoisotopic (exact) mass is 437 g/mol. The van der Waals surface area contributed by atoms with Gasteiger partial charge in [-0.05, 0) is 84.5 Å². The molecule has 4 rings (SSSR count). The zero-order valence-electron chi connectivity index (χ0n) is 18.6. The lowest BCUT2D eigenvalue weighted by molar-refractivity contribution is 0.620. The minimum atomic E-state index is -0.258. The van der Waals surface area contributed by atoms with E-state index in [1.807, 2.05) is 55.5 Å². The number of halogens is 2. The van der Waals surface area contributed by atoms with Crippen molar-refractivity contribution >= 4 is 10.8 Å². The molecule has 0 saturated heterocycles. The van der Waals surface area contributed by atoms with E-state index in [0.717, 1.165) is 34.9 Å². The summed E-state index contributed by atoms with van der Waals surface area (Å²) in [4.78, 5) is 0. The molecule has 0 bridgehead atoms. The summed E-state index contributed by atoms with van der Waals surface area (Å²) in [5.41, 5.74) is 4.56. The van der Waals surface area contributed by atoms with Crippen molar-refractivity contribution in [2.45, 2.75) is 32.6 Å². The molecule has 0 fully saturated rings. The number of allylic oxidation sites excluding steroid dienone is 2. The highest BCUT2D eigenvalue weighted by atomic mass is 19.1. The third kappa shape index (κ3) is 5.18. The molecule has 4 aromatic carbocycles. The zero-order chi connectivity index (χ0) is 23.2. The standard InChI is InChI=1S/C30H25F2N/c1-2-3-4-5-22-11-16-27(29(31)18-22)25-15-17-28-26(19-25)14-13-24(30(28)32)12-10-21-6-8-23(20-33)9-7-21/h2-3,6-9,11,13-19H,4-5,10,12H2,1H3/b3-2+. The van der Waals surface area contributed by atoms with Crippen LogP contribution in [0.2, 0.25) is 0 Å². The highest BCUT2D eigenvalue weighted by Gasteiger charge is 2.11. The average Bonchev–Trinajstić information content (AvgIpc) is 2.84. The molecule has 33 heavy (non-hydrogen) atoms. The van der Waals surface area contributed by atoms with Crippen molar-refractivity contribution in [2.75, 3.05) is 0 Å². The summed E-state index contributed by atoms with van der Waals surface area (Å²) >= 11 is 0. The minimum absolute atomic E-state index is 0.229. The van der Waals surface area contributed by atoms with Gasteiger partial charge < -0.3 is 0 Å². The van der Waals surface area contributed by atoms with Crippen molar-refractivity contribution in [3.63, 3.8) is 0 Å². The molecule has 0 atom stereocenters. The first kappa shape index (κ1) is 22.4. The van der Waals surface area contributed by atoms with Crippen LogP contribution in [-0.4, -0.2) is 0 Å². The van der Waals surface area contributed by atoms with Gasteiger partial charge in [0.25, 0.3) is 0 Å². The predicted octanol–water partition coefficient (Wildman–Crippen LogP) is 7.95. The topological polar surface area (TPSA) is 23.8 Å². The van der Waals surface area contributed by atoms with Gasteiger partial charge in [-0.1, -0.05) is 60.7 Å². The Bertz CT molecular complexity index is 1340. The van der Waals surface area contributed by atoms with Crippen LogP contribution >= 0.6 is 0 Å². The van der Waals surface area contributed by atoms with E-state index in [-0.39, 0.29) is 11.6 Å². The highest BCUT2D eigenvalue weighted by molar-refractivity contribution is 5.88. The SMILES string of the molecule is C/C=C/CCc1ccc(-c2ccc3c(F)c(CCc4ccc(C#N)cc4)ccc3c2)c(F)c1. The second-order valence-electron chi connectivity index (χ2n) is 8.21. The summed E-state index contributed by atoms with van der Waals surface area (Å²) in [6, 6.07) is 23.9. The summed E-state index contributed by atoms with van der Waals surface area (Å²) < 4.78 is 30.0. The van der Waals surface area contributed by atoms with Gasteiger partial charge in [0.1, 0.15) is 11.6 Å². The molecular formula is C30H25F2N. The molecule has 0 amide bonds. The molecule has 4 aromatic rings. The molecular weight excluding hydrogens is 412 g/mol. The van der Waals surface area contributed by atoms with Gasteiger partial charge in [0, 0.05) is 10.9 Å². The Morgan fingerprint density at radius 3 is 2.33 bits per heavy atom. The van der Waals surface area contributed by atoms with Gasteiger partial charge in [0.2, 0.25) is 0 Å². The van der Waals surface area contributed by atoms with Crippen molar-refractivity contribution in [1.82, 2.24) is 0 Å². The highest BCUT2D eigenvalue weighted by Crippen LogP contribution is 2.30. The minimum Gasteiger partial charge on any atom is -0.206 e. The molecule has 164 valence electrons. The van der Waals surface area contributed by atoms with Crippen LogP contribution in [0.5, 0.6) is 0 Å². The predicted molar refractivity (Wildman–Crippen MR) is 131 cm³/mol. The van der Waals surface area contributed by atoms with Gasteiger partial charge in [-0.15, -0.1) is 0 Å². The van der Waals surface area contributed by atoms with Crippen molar-refractivity contribution in [2.24, 2.45) is 0 Å². The molecule has 0 saturated carbocycles. The molecule has 0 aliphatic carbocycles. The summed E-state index contributed by atoms with van der Waals surface area (Å²) in [6.45, 7) is 1.98. The van der Waals surface area contributed by atoms with Crippen LogP contribution < -0.4 is 0 Å². The van der Waals surface area contributed by atoms with Crippen LogP contribution in [0.3, 0.4) is 0 Å². The maximum Gasteiger partial charge on any atom is 0.134 e. The summed E-state index contributed by atoms with van der Waals surface area (Å²) in [5.74, 6) is -0.487. The number of benzene rings is 4. The molecule has 0 unspecified atom stereocenters. The van der Waals surface area contributed by atoms with Gasteiger partial charge in [-0.2, -0.15) is 5.26 Å². The molecule has 0 radical (unpaired) electrons. The van der Waals surface area contributed by atoms with E-state index >= 15 is 4.39 Å². The Labute approximate surface area is 193 Å². The van der Waals surface area contributed by atoms with E-state index in [0.29, 0.717) is 34.9 Å². The quantitative estimate of drug-likeness (QED) is 0.269. The van der Waals surface area contributed by atoms with Crippen molar-refractivity contribution in [3.8, 4) is 17.2 Å². The molecule has 0 N–H and O–H groups in total. The fourth-order valence-electron chi connectivity index (χ4n) is 4.09. The number of hydrogen-bond donors (Lipinski definition) is 0. The second kappa shape index (κ2) is 10.2. The second-order valence-corrected chi connectivity index (χ2v) is 8.21. The number of fused-ring (bicyclic) bond motifs is 1. The van der Waals surface area contributed by atoms with Crippen LogP contribution in [0.1, 0.15) is 35.6 Å². The summed E-state index contributed by atoms with van der Waals surface area (Å²) in [7, 11) is 0. The van der Waals surface area contributed by atoms with Gasteiger partial charge in [-0.25, -0.2) is 8.78 Å². The largest absolute Gasteiger partial charge is 0.206 e. The van der Waals surface area contributed by atoms with E-state index in [9.17, 15) is 4.39 Å². The van der Waals surface area contributed by atoms with Gasteiger partial charge >= 0.3 is 0 Å². The van der Waals surface area contributed by atoms with Crippen LogP contribution in [0, 0.1) is 23.0 Å². The molecule has 0 aliphatic rings. The van der Waals surface area contributed by atoms with Crippen LogP contribution in [0.15, 0.2) is 84.9 Å². The van der Waals surface area contributed by atoms with Gasteiger partial charge in [0.05, 0.1) is 11.6 Å². The maximum absolute atomic E-state index is 15.2. The Morgan fingerprint density at radius 2 is 1.61 bits per heavy atom.